The highest BCUT2D eigenvalue weighted by Gasteiger charge is 2.30. The number of phenolic OH excluding ortho intramolecular Hbond substituents is 1. The van der Waals surface area contributed by atoms with Gasteiger partial charge in [-0.1, -0.05) is 18.6 Å². The fraction of sp³-hybridized carbons (Fsp3) is 0.467. The van der Waals surface area contributed by atoms with Crippen molar-refractivity contribution in [2.45, 2.75) is 46.1 Å². The molecule has 1 heterocycles. The number of allylic oxidation sites excluding steroid dienone is 1. The average molecular weight is 232 g/mol. The van der Waals surface area contributed by atoms with Crippen LogP contribution < -0.4 is 4.74 Å². The second-order valence-corrected chi connectivity index (χ2v) is 5.14. The Kier molecular flexibility index (Phi) is 3.14. The van der Waals surface area contributed by atoms with E-state index in [9.17, 15) is 5.11 Å². The number of hydrogen-bond acceptors (Lipinski definition) is 2. The van der Waals surface area contributed by atoms with Crippen LogP contribution in [0.1, 0.15) is 44.2 Å². The fourth-order valence-corrected chi connectivity index (χ4v) is 2.21. The molecule has 2 heteroatoms. The topological polar surface area (TPSA) is 29.5 Å². The van der Waals surface area contributed by atoms with Gasteiger partial charge in [0.15, 0.2) is 0 Å². The highest BCUT2D eigenvalue weighted by Crippen LogP contribution is 2.42. The van der Waals surface area contributed by atoms with Crippen molar-refractivity contribution in [3.05, 3.63) is 34.9 Å². The molecular weight excluding hydrogens is 212 g/mol. The lowest BCUT2D eigenvalue weighted by Crippen LogP contribution is -2.15. The third-order valence-corrected chi connectivity index (χ3v) is 3.41. The van der Waals surface area contributed by atoms with Crippen LogP contribution in [0.2, 0.25) is 0 Å². The molecule has 0 fully saturated rings. The molecule has 2 rings (SSSR count). The summed E-state index contributed by atoms with van der Waals surface area (Å²) in [5.41, 5.74) is 3.31. The number of phenols is 1. The Morgan fingerprint density at radius 1 is 1.41 bits per heavy atom. The van der Waals surface area contributed by atoms with Crippen molar-refractivity contribution in [3.63, 3.8) is 0 Å². The van der Waals surface area contributed by atoms with E-state index in [1.807, 2.05) is 19.1 Å². The van der Waals surface area contributed by atoms with Crippen molar-refractivity contribution in [2.75, 3.05) is 0 Å². The Hall–Kier alpha value is -1.44. The first kappa shape index (κ1) is 12.0. The summed E-state index contributed by atoms with van der Waals surface area (Å²) < 4.78 is 5.95. The molecule has 0 saturated carbocycles. The van der Waals surface area contributed by atoms with Crippen molar-refractivity contribution < 1.29 is 9.84 Å². The third-order valence-electron chi connectivity index (χ3n) is 3.41. The predicted molar refractivity (Wildman–Crippen MR) is 69.7 cm³/mol. The molecule has 0 saturated heterocycles. The monoisotopic (exact) mass is 232 g/mol. The van der Waals surface area contributed by atoms with E-state index in [2.05, 4.69) is 26.8 Å². The molecular formula is C15H20O2. The second kappa shape index (κ2) is 4.44. The van der Waals surface area contributed by atoms with Crippen LogP contribution in [0.15, 0.2) is 23.8 Å². The van der Waals surface area contributed by atoms with Gasteiger partial charge in [0.2, 0.25) is 0 Å². The summed E-state index contributed by atoms with van der Waals surface area (Å²) in [6.07, 6.45) is 3.33. The van der Waals surface area contributed by atoms with Gasteiger partial charge in [-0.2, -0.15) is 0 Å². The van der Waals surface area contributed by atoms with Crippen LogP contribution in [0, 0.1) is 6.92 Å². The maximum Gasteiger partial charge on any atom is 0.123 e. The summed E-state index contributed by atoms with van der Waals surface area (Å²) >= 11 is 0. The summed E-state index contributed by atoms with van der Waals surface area (Å²) in [6, 6.07) is 3.78. The first-order valence-corrected chi connectivity index (χ1v) is 6.12. The van der Waals surface area contributed by atoms with Crippen LogP contribution in [0.3, 0.4) is 0 Å². The zero-order valence-electron chi connectivity index (χ0n) is 10.9. The van der Waals surface area contributed by atoms with Crippen LogP contribution in [-0.4, -0.2) is 11.2 Å². The van der Waals surface area contributed by atoms with Gasteiger partial charge >= 0.3 is 0 Å². The lowest BCUT2D eigenvalue weighted by Gasteiger charge is -2.13. The Balaban J connectivity index is 2.23. The Labute approximate surface area is 103 Å². The van der Waals surface area contributed by atoms with Gasteiger partial charge in [0, 0.05) is 17.9 Å². The van der Waals surface area contributed by atoms with Crippen LogP contribution >= 0.6 is 0 Å². The van der Waals surface area contributed by atoms with Crippen LogP contribution in [0.4, 0.5) is 0 Å². The lowest BCUT2D eigenvalue weighted by molar-refractivity contribution is 0.214. The van der Waals surface area contributed by atoms with Gasteiger partial charge in [-0.15, -0.1) is 0 Å². The number of aromatic hydroxyl groups is 1. The van der Waals surface area contributed by atoms with Crippen LogP contribution in [-0.2, 0) is 0 Å². The molecule has 0 aromatic heterocycles. The molecule has 0 bridgehead atoms. The Morgan fingerprint density at radius 2 is 2.12 bits per heavy atom. The second-order valence-electron chi connectivity index (χ2n) is 5.14. The third kappa shape index (κ3) is 2.31. The smallest absolute Gasteiger partial charge is 0.123 e. The number of aryl methyl sites for hydroxylation is 1. The number of hydrogen-bond donors (Lipinski definition) is 1. The van der Waals surface area contributed by atoms with E-state index in [1.54, 1.807) is 0 Å². The molecule has 17 heavy (non-hydrogen) atoms. The lowest BCUT2D eigenvalue weighted by atomic mass is 9.94. The number of fused-ring (bicyclic) bond motifs is 1. The van der Waals surface area contributed by atoms with E-state index in [0.29, 0.717) is 11.7 Å². The fourth-order valence-electron chi connectivity index (χ4n) is 2.21. The summed E-state index contributed by atoms with van der Waals surface area (Å²) in [4.78, 5) is 0. The van der Waals surface area contributed by atoms with Crippen molar-refractivity contribution in [1.29, 1.82) is 0 Å². The van der Waals surface area contributed by atoms with Crippen molar-refractivity contribution >= 4 is 0 Å². The van der Waals surface area contributed by atoms with E-state index in [1.165, 1.54) is 5.57 Å². The number of rotatable bonds is 2. The van der Waals surface area contributed by atoms with Crippen molar-refractivity contribution in [3.8, 4) is 11.5 Å². The molecule has 0 unspecified atom stereocenters. The first-order chi connectivity index (χ1) is 7.99. The van der Waals surface area contributed by atoms with Gasteiger partial charge in [0.05, 0.1) is 0 Å². The summed E-state index contributed by atoms with van der Waals surface area (Å²) in [5.74, 6) is 1.63. The molecule has 2 atom stereocenters. The van der Waals surface area contributed by atoms with Gasteiger partial charge in [-0.3, -0.25) is 0 Å². The highest BCUT2D eigenvalue weighted by molar-refractivity contribution is 5.49. The minimum atomic E-state index is 0.195. The zero-order valence-corrected chi connectivity index (χ0v) is 10.9. The first-order valence-electron chi connectivity index (χ1n) is 6.12. The van der Waals surface area contributed by atoms with Crippen molar-refractivity contribution in [1.82, 2.24) is 0 Å². The SMILES string of the molecule is CC(C)=CC[C@H]1Oc2cc(C)c(O)cc2[C@@H]1C. The van der Waals surface area contributed by atoms with Gasteiger partial charge < -0.3 is 9.84 Å². The molecule has 1 aliphatic heterocycles. The van der Waals surface area contributed by atoms with Gasteiger partial charge in [0.1, 0.15) is 17.6 Å². The van der Waals surface area contributed by atoms with Gasteiger partial charge in [-0.25, -0.2) is 0 Å². The standard InChI is InChI=1S/C15H20O2/c1-9(2)5-6-14-11(4)12-8-13(16)10(3)7-15(12)17-14/h5,7-8,11,14,16H,6H2,1-4H3/t11-,14+/m0/s1. The molecule has 1 N–H and O–H groups in total. The summed E-state index contributed by atoms with van der Waals surface area (Å²) in [5, 5.41) is 9.74. The normalized spacial score (nSPS) is 21.9. The van der Waals surface area contributed by atoms with E-state index in [4.69, 9.17) is 4.74 Å². The molecule has 1 aliphatic rings. The van der Waals surface area contributed by atoms with Gasteiger partial charge in [-0.05, 0) is 38.5 Å². The molecule has 1 aromatic carbocycles. The Morgan fingerprint density at radius 3 is 2.76 bits per heavy atom. The zero-order chi connectivity index (χ0) is 12.6. The summed E-state index contributed by atoms with van der Waals surface area (Å²) in [7, 11) is 0. The molecule has 0 amide bonds. The highest BCUT2D eigenvalue weighted by atomic mass is 16.5. The molecule has 0 spiro atoms. The molecule has 0 radical (unpaired) electrons. The Bertz CT molecular complexity index is 456. The van der Waals surface area contributed by atoms with Crippen molar-refractivity contribution in [2.24, 2.45) is 0 Å². The van der Waals surface area contributed by atoms with E-state index < -0.39 is 0 Å². The molecule has 2 nitrogen and oxygen atoms in total. The quantitative estimate of drug-likeness (QED) is 0.783. The maximum absolute atomic E-state index is 9.74. The minimum Gasteiger partial charge on any atom is -0.508 e. The number of ether oxygens (including phenoxy) is 1. The number of benzene rings is 1. The van der Waals surface area contributed by atoms with Crippen LogP contribution in [0.5, 0.6) is 11.5 Å². The van der Waals surface area contributed by atoms with E-state index in [-0.39, 0.29) is 6.10 Å². The predicted octanol–water partition coefficient (Wildman–Crippen LogP) is 3.92. The molecule has 92 valence electrons. The minimum absolute atomic E-state index is 0.195. The maximum atomic E-state index is 9.74. The van der Waals surface area contributed by atoms with Crippen LogP contribution in [0.25, 0.3) is 0 Å². The average Bonchev–Trinajstić information content (AvgIpc) is 2.54. The van der Waals surface area contributed by atoms with E-state index >= 15 is 0 Å². The molecule has 0 aliphatic carbocycles. The largest absolute Gasteiger partial charge is 0.508 e. The summed E-state index contributed by atoms with van der Waals surface area (Å²) in [6.45, 7) is 8.25. The van der Waals surface area contributed by atoms with E-state index in [0.717, 1.165) is 23.3 Å². The van der Waals surface area contributed by atoms with Gasteiger partial charge in [0.25, 0.3) is 0 Å². The molecule has 1 aromatic rings.